The molecule has 2 fully saturated rings. The van der Waals surface area contributed by atoms with Crippen molar-refractivity contribution in [2.75, 3.05) is 27.2 Å². The van der Waals surface area contributed by atoms with E-state index in [9.17, 15) is 22.8 Å². The zero-order valence-corrected chi connectivity index (χ0v) is 18.8. The molecule has 2 atom stereocenters. The molecule has 2 aliphatic rings. The van der Waals surface area contributed by atoms with Gasteiger partial charge in [-0.15, -0.1) is 10.2 Å². The first-order valence-corrected chi connectivity index (χ1v) is 11.2. The molecule has 1 saturated heterocycles. The Morgan fingerprint density at radius 3 is 2.32 bits per heavy atom. The summed E-state index contributed by atoms with van der Waals surface area (Å²) in [5.74, 6) is -0.250. The highest BCUT2D eigenvalue weighted by Crippen LogP contribution is 2.49. The second-order valence-corrected chi connectivity index (χ2v) is 9.35. The van der Waals surface area contributed by atoms with E-state index in [2.05, 4.69) is 10.2 Å². The molecule has 2 unspecified atom stereocenters. The van der Waals surface area contributed by atoms with Gasteiger partial charge in [-0.1, -0.05) is 18.2 Å². The minimum absolute atomic E-state index is 0.127. The highest BCUT2D eigenvalue weighted by Gasteiger charge is 2.45. The van der Waals surface area contributed by atoms with Crippen LogP contribution in [-0.2, 0) is 6.18 Å². The summed E-state index contributed by atoms with van der Waals surface area (Å²) in [5.41, 5.74) is 0.660. The number of likely N-dealkylation sites (tertiary alicyclic amines) is 1. The lowest BCUT2D eigenvalue weighted by atomic mass is 9.91. The summed E-state index contributed by atoms with van der Waals surface area (Å²) in [6.07, 6.45) is -1.59. The predicted octanol–water partition coefficient (Wildman–Crippen LogP) is 3.72. The summed E-state index contributed by atoms with van der Waals surface area (Å²) in [4.78, 5) is 28.7. The van der Waals surface area contributed by atoms with Crippen LogP contribution in [0.3, 0.4) is 0 Å². The lowest BCUT2D eigenvalue weighted by Crippen LogP contribution is -2.31. The SMILES string of the molecule is CN(C)C(=O)c1ccc2nnc(C(=O)N3CC4CC(c5ccccc5C(F)(F)F)CC4C3)n2c1. The van der Waals surface area contributed by atoms with Crippen LogP contribution in [0.5, 0.6) is 0 Å². The zero-order valence-electron chi connectivity index (χ0n) is 18.8. The lowest BCUT2D eigenvalue weighted by molar-refractivity contribution is -0.138. The van der Waals surface area contributed by atoms with Crippen LogP contribution in [0.15, 0.2) is 42.6 Å². The van der Waals surface area contributed by atoms with Crippen molar-refractivity contribution in [1.82, 2.24) is 24.4 Å². The van der Waals surface area contributed by atoms with Crippen LogP contribution in [-0.4, -0.2) is 63.4 Å². The van der Waals surface area contributed by atoms with E-state index in [1.807, 2.05) is 0 Å². The van der Waals surface area contributed by atoms with Gasteiger partial charge in [-0.25, -0.2) is 0 Å². The molecule has 5 rings (SSSR count). The molecule has 2 amide bonds. The number of alkyl halides is 3. The number of amides is 2. The van der Waals surface area contributed by atoms with Crippen molar-refractivity contribution >= 4 is 17.5 Å². The van der Waals surface area contributed by atoms with Crippen molar-refractivity contribution in [3.8, 4) is 0 Å². The summed E-state index contributed by atoms with van der Waals surface area (Å²) in [5, 5.41) is 8.10. The number of rotatable bonds is 3. The average Bonchev–Trinajstić information content (AvgIpc) is 3.50. The van der Waals surface area contributed by atoms with E-state index in [-0.39, 0.29) is 35.4 Å². The van der Waals surface area contributed by atoms with Gasteiger partial charge in [0.1, 0.15) is 0 Å². The maximum absolute atomic E-state index is 13.5. The fourth-order valence-electron chi connectivity index (χ4n) is 5.39. The first kappa shape index (κ1) is 22.4. The van der Waals surface area contributed by atoms with Crippen LogP contribution < -0.4 is 0 Å². The Morgan fingerprint density at radius 1 is 1.00 bits per heavy atom. The lowest BCUT2D eigenvalue weighted by Gasteiger charge is -2.21. The molecule has 0 spiro atoms. The molecule has 1 aliphatic heterocycles. The van der Waals surface area contributed by atoms with E-state index in [0.29, 0.717) is 42.7 Å². The molecule has 3 heterocycles. The Hall–Kier alpha value is -3.43. The van der Waals surface area contributed by atoms with E-state index in [0.717, 1.165) is 6.07 Å². The predicted molar refractivity (Wildman–Crippen MR) is 117 cm³/mol. The van der Waals surface area contributed by atoms with Gasteiger partial charge in [0.2, 0.25) is 5.82 Å². The van der Waals surface area contributed by atoms with Crippen molar-refractivity contribution in [1.29, 1.82) is 0 Å². The minimum Gasteiger partial charge on any atom is -0.345 e. The van der Waals surface area contributed by atoms with Crippen LogP contribution in [0, 0.1) is 11.8 Å². The monoisotopic (exact) mass is 471 g/mol. The number of benzene rings is 1. The summed E-state index contributed by atoms with van der Waals surface area (Å²) in [6.45, 7) is 0.943. The number of hydrogen-bond donors (Lipinski definition) is 0. The summed E-state index contributed by atoms with van der Waals surface area (Å²) in [7, 11) is 3.29. The smallest absolute Gasteiger partial charge is 0.345 e. The largest absolute Gasteiger partial charge is 0.416 e. The van der Waals surface area contributed by atoms with Crippen LogP contribution >= 0.6 is 0 Å². The molecule has 3 aromatic rings. The maximum atomic E-state index is 13.5. The number of aromatic nitrogens is 3. The van der Waals surface area contributed by atoms with Gasteiger partial charge in [-0.2, -0.15) is 13.2 Å². The number of carbonyl (C=O) groups excluding carboxylic acids is 2. The van der Waals surface area contributed by atoms with Gasteiger partial charge in [-0.05, 0) is 54.4 Å². The highest BCUT2D eigenvalue weighted by molar-refractivity contribution is 5.95. The van der Waals surface area contributed by atoms with Gasteiger partial charge in [0, 0.05) is 33.4 Å². The molecule has 34 heavy (non-hydrogen) atoms. The first-order chi connectivity index (χ1) is 16.1. The molecule has 2 aromatic heterocycles. The minimum atomic E-state index is -4.38. The van der Waals surface area contributed by atoms with Gasteiger partial charge in [-0.3, -0.25) is 14.0 Å². The number of hydrogen-bond acceptors (Lipinski definition) is 4. The van der Waals surface area contributed by atoms with Crippen molar-refractivity contribution in [2.45, 2.75) is 24.9 Å². The number of nitrogens with zero attached hydrogens (tertiary/aromatic N) is 5. The second-order valence-electron chi connectivity index (χ2n) is 9.35. The Labute approximate surface area is 194 Å². The topological polar surface area (TPSA) is 70.8 Å². The van der Waals surface area contributed by atoms with Gasteiger partial charge >= 0.3 is 6.18 Å². The fourth-order valence-corrected chi connectivity index (χ4v) is 5.39. The zero-order chi connectivity index (χ0) is 24.2. The van der Waals surface area contributed by atoms with E-state index in [1.54, 1.807) is 49.5 Å². The second kappa shape index (κ2) is 8.11. The Balaban J connectivity index is 1.33. The Kier molecular flexibility index (Phi) is 5.33. The summed E-state index contributed by atoms with van der Waals surface area (Å²) in [6, 6.07) is 9.07. The highest BCUT2D eigenvalue weighted by atomic mass is 19.4. The van der Waals surface area contributed by atoms with E-state index < -0.39 is 11.7 Å². The molecular formula is C24H24F3N5O2. The van der Waals surface area contributed by atoms with Gasteiger partial charge in [0.05, 0.1) is 11.1 Å². The Bertz CT molecular complexity index is 1250. The van der Waals surface area contributed by atoms with Crippen LogP contribution in [0.25, 0.3) is 5.65 Å². The number of carbonyl (C=O) groups is 2. The molecule has 10 heteroatoms. The van der Waals surface area contributed by atoms with Gasteiger partial charge < -0.3 is 9.80 Å². The van der Waals surface area contributed by atoms with Crippen LogP contribution in [0.1, 0.15) is 50.9 Å². The number of pyridine rings is 1. The van der Waals surface area contributed by atoms with Crippen molar-refractivity contribution < 1.29 is 22.8 Å². The fraction of sp³-hybridized carbons (Fsp3) is 0.417. The molecule has 1 aliphatic carbocycles. The molecule has 0 radical (unpaired) electrons. The van der Waals surface area contributed by atoms with E-state index in [4.69, 9.17) is 0 Å². The number of halogens is 3. The van der Waals surface area contributed by atoms with E-state index >= 15 is 0 Å². The molecule has 178 valence electrons. The van der Waals surface area contributed by atoms with E-state index in [1.165, 1.54) is 15.4 Å². The molecule has 0 bridgehead atoms. The quantitative estimate of drug-likeness (QED) is 0.584. The third kappa shape index (κ3) is 3.80. The summed E-state index contributed by atoms with van der Waals surface area (Å²) < 4.78 is 41.9. The van der Waals surface area contributed by atoms with Crippen LogP contribution in [0.2, 0.25) is 0 Å². The summed E-state index contributed by atoms with van der Waals surface area (Å²) >= 11 is 0. The van der Waals surface area contributed by atoms with Crippen molar-refractivity contribution in [2.24, 2.45) is 11.8 Å². The molecule has 1 saturated carbocycles. The molecule has 0 N–H and O–H groups in total. The molecule has 7 nitrogen and oxygen atoms in total. The normalized spacial score (nSPS) is 22.3. The average molecular weight is 471 g/mol. The Morgan fingerprint density at radius 2 is 1.68 bits per heavy atom. The van der Waals surface area contributed by atoms with Gasteiger partial charge in [0.15, 0.2) is 5.65 Å². The molecule has 1 aromatic carbocycles. The third-order valence-electron chi connectivity index (χ3n) is 6.99. The van der Waals surface area contributed by atoms with Crippen molar-refractivity contribution in [3.05, 3.63) is 65.1 Å². The van der Waals surface area contributed by atoms with Crippen molar-refractivity contribution in [3.63, 3.8) is 0 Å². The van der Waals surface area contributed by atoms with Gasteiger partial charge in [0.25, 0.3) is 11.8 Å². The number of fused-ring (bicyclic) bond motifs is 2. The first-order valence-electron chi connectivity index (χ1n) is 11.2. The van der Waals surface area contributed by atoms with Crippen LogP contribution in [0.4, 0.5) is 13.2 Å². The third-order valence-corrected chi connectivity index (χ3v) is 6.99. The standard InChI is InChI=1S/C24H24F3N5O2/c1-30(2)22(33)14-7-8-20-28-29-21(32(20)13-14)23(34)31-11-16-9-15(10-17(16)12-31)18-5-3-4-6-19(18)24(25,26)27/h3-8,13,15-17H,9-12H2,1-2H3. The maximum Gasteiger partial charge on any atom is 0.416 e. The molecular weight excluding hydrogens is 447 g/mol.